The van der Waals surface area contributed by atoms with E-state index < -0.39 is 0 Å². The van der Waals surface area contributed by atoms with E-state index in [9.17, 15) is 4.79 Å². The molecule has 0 amide bonds. The van der Waals surface area contributed by atoms with Crippen molar-refractivity contribution in [2.45, 2.75) is 38.3 Å². The summed E-state index contributed by atoms with van der Waals surface area (Å²) in [7, 11) is 1.42. The van der Waals surface area contributed by atoms with Gasteiger partial charge in [0.2, 0.25) is 0 Å². The van der Waals surface area contributed by atoms with Crippen LogP contribution in [-0.2, 0) is 16.1 Å². The van der Waals surface area contributed by atoms with Gasteiger partial charge in [0.05, 0.1) is 13.7 Å². The number of rotatable bonds is 5. The average molecular weight is 283 g/mol. The molecule has 0 radical (unpaired) electrons. The molecule has 2 rings (SSSR count). The number of halogens is 1. The van der Waals surface area contributed by atoms with Gasteiger partial charge in [-0.1, -0.05) is 30.5 Å². The summed E-state index contributed by atoms with van der Waals surface area (Å²) in [5.41, 5.74) is 0.958. The minimum Gasteiger partial charge on any atom is -0.468 e. The molecule has 0 saturated heterocycles. The summed E-state index contributed by atoms with van der Waals surface area (Å²) in [6.07, 6.45) is 6.39. The summed E-state index contributed by atoms with van der Waals surface area (Å²) < 4.78 is 4.78. The molecule has 5 heteroatoms. The highest BCUT2D eigenvalue weighted by molar-refractivity contribution is 6.30. The Balaban J connectivity index is 2.08. The van der Waals surface area contributed by atoms with Crippen LogP contribution in [0.3, 0.4) is 0 Å². The second-order valence-electron chi connectivity index (χ2n) is 4.87. The lowest BCUT2D eigenvalue weighted by Crippen LogP contribution is -2.37. The summed E-state index contributed by atoms with van der Waals surface area (Å²) in [6, 6.07) is 4.26. The van der Waals surface area contributed by atoms with Crippen molar-refractivity contribution in [3.05, 3.63) is 29.0 Å². The molecule has 1 saturated carbocycles. The van der Waals surface area contributed by atoms with Gasteiger partial charge < -0.3 is 4.74 Å². The highest BCUT2D eigenvalue weighted by Gasteiger charge is 2.25. The molecule has 1 heterocycles. The van der Waals surface area contributed by atoms with Gasteiger partial charge in [0, 0.05) is 24.3 Å². The van der Waals surface area contributed by atoms with Gasteiger partial charge in [-0.15, -0.1) is 0 Å². The third kappa shape index (κ3) is 3.91. The maximum atomic E-state index is 11.5. The molecule has 1 aromatic rings. The zero-order valence-electron chi connectivity index (χ0n) is 11.1. The Bertz CT molecular complexity index is 433. The molecule has 4 nitrogen and oxygen atoms in total. The van der Waals surface area contributed by atoms with Crippen LogP contribution in [0.2, 0.25) is 5.15 Å². The number of ether oxygens (including phenoxy) is 1. The summed E-state index contributed by atoms with van der Waals surface area (Å²) in [5, 5.41) is 0.510. The fraction of sp³-hybridized carbons (Fsp3) is 0.571. The zero-order chi connectivity index (χ0) is 13.7. The number of pyridine rings is 1. The van der Waals surface area contributed by atoms with Gasteiger partial charge in [-0.25, -0.2) is 4.98 Å². The first-order chi connectivity index (χ1) is 9.20. The van der Waals surface area contributed by atoms with E-state index in [4.69, 9.17) is 16.3 Å². The smallest absolute Gasteiger partial charge is 0.319 e. The van der Waals surface area contributed by atoms with Gasteiger partial charge in [-0.2, -0.15) is 0 Å². The topological polar surface area (TPSA) is 42.4 Å². The molecule has 104 valence electrons. The van der Waals surface area contributed by atoms with Gasteiger partial charge in [-0.05, 0) is 18.9 Å². The maximum absolute atomic E-state index is 11.5. The van der Waals surface area contributed by atoms with E-state index in [0.29, 0.717) is 24.3 Å². The quantitative estimate of drug-likeness (QED) is 0.615. The Kier molecular flexibility index (Phi) is 5.16. The molecule has 1 aliphatic carbocycles. The van der Waals surface area contributed by atoms with Crippen LogP contribution in [0.1, 0.15) is 31.2 Å². The van der Waals surface area contributed by atoms with Gasteiger partial charge in [0.15, 0.2) is 0 Å². The van der Waals surface area contributed by atoms with Crippen molar-refractivity contribution >= 4 is 17.6 Å². The van der Waals surface area contributed by atoms with E-state index in [0.717, 1.165) is 18.4 Å². The third-order valence-electron chi connectivity index (χ3n) is 3.61. The molecule has 1 fully saturated rings. The minimum atomic E-state index is -0.202. The van der Waals surface area contributed by atoms with Crippen molar-refractivity contribution in [3.8, 4) is 0 Å². The van der Waals surface area contributed by atoms with Crippen molar-refractivity contribution in [3.63, 3.8) is 0 Å². The van der Waals surface area contributed by atoms with E-state index in [2.05, 4.69) is 9.88 Å². The standard InChI is InChI=1S/C14H19ClN2O2/c1-19-13(18)10-17(12-6-2-3-7-12)9-11-5-4-8-16-14(11)15/h4-5,8,12H,2-3,6-7,9-10H2,1H3. The monoisotopic (exact) mass is 282 g/mol. The number of carbonyl (C=O) groups excluding carboxylic acids is 1. The molecule has 0 atom stereocenters. The predicted molar refractivity (Wildman–Crippen MR) is 73.9 cm³/mol. The number of aromatic nitrogens is 1. The van der Waals surface area contributed by atoms with Crippen LogP contribution in [-0.4, -0.2) is 35.5 Å². The highest BCUT2D eigenvalue weighted by Crippen LogP contribution is 2.26. The van der Waals surface area contributed by atoms with Crippen LogP contribution >= 0.6 is 11.6 Å². The van der Waals surface area contributed by atoms with Gasteiger partial charge in [-0.3, -0.25) is 9.69 Å². The average Bonchev–Trinajstić information content (AvgIpc) is 2.94. The van der Waals surface area contributed by atoms with E-state index in [1.54, 1.807) is 6.20 Å². The molecule has 0 N–H and O–H groups in total. The molecule has 0 aromatic carbocycles. The summed E-state index contributed by atoms with van der Waals surface area (Å²) in [6.45, 7) is 0.957. The first-order valence-electron chi connectivity index (χ1n) is 6.61. The summed E-state index contributed by atoms with van der Waals surface area (Å²) in [5.74, 6) is -0.202. The second kappa shape index (κ2) is 6.87. The Hall–Kier alpha value is -1.13. The maximum Gasteiger partial charge on any atom is 0.319 e. The molecule has 0 spiro atoms. The second-order valence-corrected chi connectivity index (χ2v) is 5.23. The van der Waals surface area contributed by atoms with Crippen molar-refractivity contribution in [2.24, 2.45) is 0 Å². The fourth-order valence-electron chi connectivity index (χ4n) is 2.57. The van der Waals surface area contributed by atoms with Crippen molar-refractivity contribution < 1.29 is 9.53 Å². The number of nitrogens with zero attached hydrogens (tertiary/aromatic N) is 2. The third-order valence-corrected chi connectivity index (χ3v) is 3.95. The van der Waals surface area contributed by atoms with E-state index in [-0.39, 0.29) is 5.97 Å². The van der Waals surface area contributed by atoms with Crippen LogP contribution < -0.4 is 0 Å². The predicted octanol–water partition coefficient (Wildman–Crippen LogP) is 2.65. The molecule has 19 heavy (non-hydrogen) atoms. The Morgan fingerprint density at radius 2 is 2.26 bits per heavy atom. The Morgan fingerprint density at radius 3 is 2.89 bits per heavy atom. The lowest BCUT2D eigenvalue weighted by Gasteiger charge is -2.27. The molecule has 1 aliphatic rings. The van der Waals surface area contributed by atoms with Crippen LogP contribution in [0.25, 0.3) is 0 Å². The molecule has 0 unspecified atom stereocenters. The van der Waals surface area contributed by atoms with Crippen molar-refractivity contribution in [1.82, 2.24) is 9.88 Å². The number of esters is 1. The largest absolute Gasteiger partial charge is 0.468 e. The van der Waals surface area contributed by atoms with Gasteiger partial charge >= 0.3 is 5.97 Å². The zero-order valence-corrected chi connectivity index (χ0v) is 11.9. The van der Waals surface area contributed by atoms with Crippen LogP contribution in [0.15, 0.2) is 18.3 Å². The molecule has 0 aliphatic heterocycles. The van der Waals surface area contributed by atoms with E-state index in [1.807, 2.05) is 12.1 Å². The number of carbonyl (C=O) groups is 1. The number of methoxy groups -OCH3 is 1. The molecule has 1 aromatic heterocycles. The SMILES string of the molecule is COC(=O)CN(Cc1cccnc1Cl)C1CCCC1. The van der Waals surface area contributed by atoms with Crippen LogP contribution in [0, 0.1) is 0 Å². The first-order valence-corrected chi connectivity index (χ1v) is 6.98. The normalized spacial score (nSPS) is 15.9. The number of hydrogen-bond donors (Lipinski definition) is 0. The number of hydrogen-bond acceptors (Lipinski definition) is 4. The van der Waals surface area contributed by atoms with Gasteiger partial charge in [0.1, 0.15) is 5.15 Å². The fourth-order valence-corrected chi connectivity index (χ4v) is 2.75. The molecular weight excluding hydrogens is 264 g/mol. The van der Waals surface area contributed by atoms with Gasteiger partial charge in [0.25, 0.3) is 0 Å². The van der Waals surface area contributed by atoms with E-state index >= 15 is 0 Å². The minimum absolute atomic E-state index is 0.202. The lowest BCUT2D eigenvalue weighted by atomic mass is 10.1. The van der Waals surface area contributed by atoms with Crippen molar-refractivity contribution in [1.29, 1.82) is 0 Å². The highest BCUT2D eigenvalue weighted by atomic mass is 35.5. The molecular formula is C14H19ClN2O2. The van der Waals surface area contributed by atoms with Crippen LogP contribution in [0.5, 0.6) is 0 Å². The summed E-state index contributed by atoms with van der Waals surface area (Å²) in [4.78, 5) is 17.8. The summed E-state index contributed by atoms with van der Waals surface area (Å²) >= 11 is 6.09. The lowest BCUT2D eigenvalue weighted by molar-refractivity contribution is -0.142. The van der Waals surface area contributed by atoms with E-state index in [1.165, 1.54) is 20.0 Å². The Morgan fingerprint density at radius 1 is 1.53 bits per heavy atom. The van der Waals surface area contributed by atoms with Crippen molar-refractivity contribution in [2.75, 3.05) is 13.7 Å². The first kappa shape index (κ1) is 14.3. The van der Waals surface area contributed by atoms with Crippen LogP contribution in [0.4, 0.5) is 0 Å². The molecule has 0 bridgehead atoms. The Labute approximate surface area is 118 Å².